The average Bonchev–Trinajstić information content (AvgIpc) is 2.50. The molecule has 0 saturated heterocycles. The number of halogens is 2. The molecule has 128 valence electrons. The summed E-state index contributed by atoms with van der Waals surface area (Å²) in [4.78, 5) is 25.0. The molecule has 0 heterocycles. The minimum atomic E-state index is -0.381. The van der Waals surface area contributed by atoms with Crippen molar-refractivity contribution >= 4 is 39.3 Å². The van der Waals surface area contributed by atoms with Crippen molar-refractivity contribution in [1.82, 2.24) is 0 Å². The third-order valence-electron chi connectivity index (χ3n) is 5.92. The summed E-state index contributed by atoms with van der Waals surface area (Å²) in [7, 11) is 0. The molecule has 24 heavy (non-hydrogen) atoms. The third-order valence-corrected chi connectivity index (χ3v) is 7.10. The van der Waals surface area contributed by atoms with Crippen LogP contribution in [0.1, 0.15) is 48.9 Å². The van der Waals surface area contributed by atoms with Gasteiger partial charge in [-0.3, -0.25) is 9.59 Å². The lowest BCUT2D eigenvalue weighted by atomic mass is 9.49. The highest BCUT2D eigenvalue weighted by Crippen LogP contribution is 2.64. The molecule has 0 aliphatic heterocycles. The van der Waals surface area contributed by atoms with Gasteiger partial charge in [0, 0.05) is 14.9 Å². The van der Waals surface area contributed by atoms with E-state index in [2.05, 4.69) is 15.9 Å². The van der Waals surface area contributed by atoms with Crippen molar-refractivity contribution in [3.63, 3.8) is 0 Å². The number of ether oxygens (including phenoxy) is 1. The second-order valence-electron chi connectivity index (χ2n) is 7.90. The zero-order chi connectivity index (χ0) is 16.9. The smallest absolute Gasteiger partial charge is 0.312 e. The van der Waals surface area contributed by atoms with Gasteiger partial charge < -0.3 is 4.74 Å². The molecular formula is C19H20BrClO3. The molecule has 1 aromatic carbocycles. The number of carbonyl (C=O) groups excluding carboxylic acids is 2. The van der Waals surface area contributed by atoms with Crippen LogP contribution < -0.4 is 0 Å². The van der Waals surface area contributed by atoms with E-state index in [-0.39, 0.29) is 28.1 Å². The van der Waals surface area contributed by atoms with Gasteiger partial charge in [0.2, 0.25) is 0 Å². The second-order valence-corrected chi connectivity index (χ2v) is 10.0. The third kappa shape index (κ3) is 2.92. The van der Waals surface area contributed by atoms with Crippen LogP contribution in [-0.2, 0) is 9.53 Å². The second kappa shape index (κ2) is 5.84. The first kappa shape index (κ1) is 16.6. The number of rotatable bonds is 4. The zero-order valence-electron chi connectivity index (χ0n) is 13.4. The topological polar surface area (TPSA) is 43.4 Å². The molecule has 3 nitrogen and oxygen atoms in total. The highest BCUT2D eigenvalue weighted by Gasteiger charge is 2.60. The van der Waals surface area contributed by atoms with Crippen LogP contribution in [0.2, 0.25) is 5.02 Å². The van der Waals surface area contributed by atoms with Crippen LogP contribution >= 0.6 is 27.5 Å². The van der Waals surface area contributed by atoms with Crippen LogP contribution in [0.3, 0.4) is 0 Å². The summed E-state index contributed by atoms with van der Waals surface area (Å²) in [6.07, 6.45) is 6.27. The minimum absolute atomic E-state index is 0.107. The van der Waals surface area contributed by atoms with Crippen molar-refractivity contribution in [3.8, 4) is 0 Å². The fraction of sp³-hybridized carbons (Fsp3) is 0.579. The predicted molar refractivity (Wildman–Crippen MR) is 95.5 cm³/mol. The Morgan fingerprint density at radius 1 is 1.12 bits per heavy atom. The first-order chi connectivity index (χ1) is 11.4. The van der Waals surface area contributed by atoms with Gasteiger partial charge in [-0.1, -0.05) is 27.5 Å². The Bertz CT molecular complexity index is 670. The fourth-order valence-electron chi connectivity index (χ4n) is 5.39. The number of Topliss-reactive ketones (excluding diaryl/α,β-unsaturated/α-hetero) is 1. The van der Waals surface area contributed by atoms with E-state index in [1.54, 1.807) is 24.3 Å². The highest BCUT2D eigenvalue weighted by atomic mass is 79.9. The number of esters is 1. The lowest BCUT2D eigenvalue weighted by molar-refractivity contribution is -0.168. The quantitative estimate of drug-likeness (QED) is 0.406. The van der Waals surface area contributed by atoms with Gasteiger partial charge in [-0.25, -0.2) is 0 Å². The molecule has 0 aromatic heterocycles. The summed E-state index contributed by atoms with van der Waals surface area (Å²) in [5.74, 6) is 0.872. The molecule has 0 N–H and O–H groups in total. The summed E-state index contributed by atoms with van der Waals surface area (Å²) >= 11 is 9.73. The van der Waals surface area contributed by atoms with Crippen LogP contribution in [-0.4, -0.2) is 22.7 Å². The molecule has 4 fully saturated rings. The number of benzene rings is 1. The minimum Gasteiger partial charge on any atom is -0.457 e. The maximum Gasteiger partial charge on any atom is 0.312 e. The van der Waals surface area contributed by atoms with Gasteiger partial charge >= 0.3 is 5.97 Å². The predicted octanol–water partition coefficient (Wildman–Crippen LogP) is 4.80. The molecule has 4 aliphatic rings. The van der Waals surface area contributed by atoms with Crippen LogP contribution in [0, 0.1) is 17.3 Å². The molecule has 5 heteroatoms. The Kier molecular flexibility index (Phi) is 4.04. The van der Waals surface area contributed by atoms with E-state index in [4.69, 9.17) is 16.3 Å². The molecule has 2 unspecified atom stereocenters. The molecule has 2 atom stereocenters. The molecule has 5 rings (SSSR count). The maximum atomic E-state index is 12.8. The maximum absolute atomic E-state index is 12.8. The van der Waals surface area contributed by atoms with Crippen molar-refractivity contribution in [2.45, 2.75) is 42.8 Å². The van der Waals surface area contributed by atoms with Gasteiger partial charge in [-0.15, -0.1) is 0 Å². The number of alkyl halides is 1. The van der Waals surface area contributed by atoms with Crippen LogP contribution in [0.15, 0.2) is 24.3 Å². The molecule has 0 amide bonds. The summed E-state index contributed by atoms with van der Waals surface area (Å²) in [5, 5.41) is 0.583. The van der Waals surface area contributed by atoms with Crippen molar-refractivity contribution in [2.24, 2.45) is 17.3 Å². The normalized spacial score (nSPS) is 36.6. The number of hydrogen-bond acceptors (Lipinski definition) is 3. The first-order valence-electron chi connectivity index (χ1n) is 8.52. The SMILES string of the molecule is O=C(COC(=O)C12CC3CC(CC(Br)(C3)C1)C2)c1ccc(Cl)cc1. The van der Waals surface area contributed by atoms with Crippen molar-refractivity contribution in [1.29, 1.82) is 0 Å². The largest absolute Gasteiger partial charge is 0.457 e. The molecule has 1 aromatic rings. The van der Waals surface area contributed by atoms with Gasteiger partial charge in [0.15, 0.2) is 12.4 Å². The van der Waals surface area contributed by atoms with Gasteiger partial charge in [0.25, 0.3) is 0 Å². The summed E-state index contributed by atoms with van der Waals surface area (Å²) < 4.78 is 5.58. The Hall–Kier alpha value is -0.870. The van der Waals surface area contributed by atoms with Crippen molar-refractivity contribution < 1.29 is 14.3 Å². The molecule has 0 spiro atoms. The number of hydrogen-bond donors (Lipinski definition) is 0. The van der Waals surface area contributed by atoms with Gasteiger partial charge in [-0.2, -0.15) is 0 Å². The zero-order valence-corrected chi connectivity index (χ0v) is 15.7. The van der Waals surface area contributed by atoms with Crippen LogP contribution in [0.4, 0.5) is 0 Å². The van der Waals surface area contributed by atoms with Gasteiger partial charge in [-0.05, 0) is 74.6 Å². The number of carbonyl (C=O) groups is 2. The Morgan fingerprint density at radius 2 is 1.75 bits per heavy atom. The van der Waals surface area contributed by atoms with E-state index in [1.807, 2.05) is 0 Å². The molecule has 4 aliphatic carbocycles. The summed E-state index contributed by atoms with van der Waals surface area (Å²) in [6.45, 7) is -0.188. The Balaban J connectivity index is 1.43. The highest BCUT2D eigenvalue weighted by molar-refractivity contribution is 9.10. The van der Waals surface area contributed by atoms with Gasteiger partial charge in [0.05, 0.1) is 5.41 Å². The summed E-state index contributed by atoms with van der Waals surface area (Å²) in [5.41, 5.74) is 0.142. The molecule has 4 bridgehead atoms. The van der Waals surface area contributed by atoms with Gasteiger partial charge in [0.1, 0.15) is 0 Å². The first-order valence-corrected chi connectivity index (χ1v) is 9.70. The van der Waals surface area contributed by atoms with Crippen molar-refractivity contribution in [2.75, 3.05) is 6.61 Å². The van der Waals surface area contributed by atoms with E-state index in [0.717, 1.165) is 19.3 Å². The lowest BCUT2D eigenvalue weighted by Gasteiger charge is -2.58. The Morgan fingerprint density at radius 3 is 2.33 bits per heavy atom. The molecule has 4 saturated carbocycles. The fourth-order valence-corrected chi connectivity index (χ4v) is 6.97. The average molecular weight is 412 g/mol. The van der Waals surface area contributed by atoms with Crippen LogP contribution in [0.25, 0.3) is 0 Å². The van der Waals surface area contributed by atoms with E-state index >= 15 is 0 Å². The standard InChI is InChI=1S/C19H20BrClO3/c20-19-8-12-5-13(9-19)7-18(6-12,11-19)17(23)24-10-16(22)14-1-3-15(21)4-2-14/h1-4,12-13H,5-11H2. The van der Waals surface area contributed by atoms with E-state index in [0.29, 0.717) is 22.4 Å². The van der Waals surface area contributed by atoms with E-state index in [9.17, 15) is 9.59 Å². The van der Waals surface area contributed by atoms with E-state index in [1.165, 1.54) is 19.3 Å². The van der Waals surface area contributed by atoms with E-state index < -0.39 is 0 Å². The van der Waals surface area contributed by atoms with Crippen molar-refractivity contribution in [3.05, 3.63) is 34.9 Å². The molecule has 0 radical (unpaired) electrons. The lowest BCUT2D eigenvalue weighted by Crippen LogP contribution is -2.56. The Labute approximate surface area is 155 Å². The number of ketones is 1. The monoisotopic (exact) mass is 410 g/mol. The molecular weight excluding hydrogens is 392 g/mol. The van der Waals surface area contributed by atoms with Crippen LogP contribution in [0.5, 0.6) is 0 Å². The summed E-state index contributed by atoms with van der Waals surface area (Å²) in [6, 6.07) is 6.67.